The molecule has 0 aliphatic carbocycles. The molecule has 1 aromatic heterocycles. The van der Waals surface area contributed by atoms with Gasteiger partial charge in [-0.05, 0) is 18.7 Å². The Morgan fingerprint density at radius 3 is 2.50 bits per heavy atom. The third kappa shape index (κ3) is 3.60. The number of benzene rings is 1. The van der Waals surface area contributed by atoms with Crippen molar-refractivity contribution in [3.05, 3.63) is 41.9 Å². The molecule has 2 aromatic rings. The molecule has 1 N–H and O–H groups in total. The van der Waals surface area contributed by atoms with E-state index in [0.29, 0.717) is 23.6 Å². The maximum atomic E-state index is 12.5. The molecule has 0 saturated heterocycles. The average Bonchev–Trinajstić information content (AvgIpc) is 2.87. The van der Waals surface area contributed by atoms with E-state index >= 15 is 0 Å². The molecule has 1 heterocycles. The normalized spacial score (nSPS) is 11.8. The van der Waals surface area contributed by atoms with Crippen LogP contribution in [0.15, 0.2) is 34.9 Å². The van der Waals surface area contributed by atoms with Crippen molar-refractivity contribution in [1.82, 2.24) is 10.3 Å². The monoisotopic (exact) mass is 284 g/mol. The number of likely N-dealkylation sites (N-methyl/N-ethyl adjacent to an activating group) is 1. The van der Waals surface area contributed by atoms with Gasteiger partial charge in [-0.2, -0.15) is 13.2 Å². The summed E-state index contributed by atoms with van der Waals surface area (Å²) in [5, 5.41) is 3.14. The average molecular weight is 284 g/mol. The molecule has 6 heteroatoms. The second kappa shape index (κ2) is 6.09. The fraction of sp³-hybridized carbons (Fsp3) is 0.357. The first-order valence-corrected chi connectivity index (χ1v) is 6.33. The van der Waals surface area contributed by atoms with Gasteiger partial charge in [0.05, 0.1) is 11.8 Å². The molecule has 0 fully saturated rings. The highest BCUT2D eigenvalue weighted by Crippen LogP contribution is 2.31. The van der Waals surface area contributed by atoms with Crippen LogP contribution in [0, 0.1) is 0 Å². The van der Waals surface area contributed by atoms with Crippen LogP contribution in [0.25, 0.3) is 11.3 Å². The van der Waals surface area contributed by atoms with Gasteiger partial charge < -0.3 is 9.73 Å². The summed E-state index contributed by atoms with van der Waals surface area (Å²) in [6.45, 7) is 3.62. The van der Waals surface area contributed by atoms with Gasteiger partial charge in [0.2, 0.25) is 0 Å². The summed E-state index contributed by atoms with van der Waals surface area (Å²) >= 11 is 0. The molecular weight excluding hydrogens is 269 g/mol. The molecule has 0 saturated carbocycles. The number of hydrogen-bond acceptors (Lipinski definition) is 3. The highest BCUT2D eigenvalue weighted by atomic mass is 19.4. The maximum absolute atomic E-state index is 12.5. The molecular formula is C14H15F3N2O. The summed E-state index contributed by atoms with van der Waals surface area (Å²) in [7, 11) is 0. The lowest BCUT2D eigenvalue weighted by Crippen LogP contribution is -2.16. The summed E-state index contributed by atoms with van der Waals surface area (Å²) in [4.78, 5) is 4.11. The minimum atomic E-state index is -4.32. The Bertz CT molecular complexity index is 546. The predicted molar refractivity (Wildman–Crippen MR) is 69.2 cm³/mol. The third-order valence-electron chi connectivity index (χ3n) is 2.82. The molecule has 0 aliphatic rings. The fourth-order valence-electron chi connectivity index (χ4n) is 1.75. The van der Waals surface area contributed by atoms with E-state index in [4.69, 9.17) is 4.42 Å². The molecule has 0 atom stereocenters. The van der Waals surface area contributed by atoms with Crippen LogP contribution in [0.3, 0.4) is 0 Å². The van der Waals surface area contributed by atoms with Crippen LogP contribution in [0.4, 0.5) is 13.2 Å². The topological polar surface area (TPSA) is 38.1 Å². The van der Waals surface area contributed by atoms with Gasteiger partial charge in [0, 0.05) is 18.5 Å². The van der Waals surface area contributed by atoms with E-state index in [1.54, 1.807) is 0 Å². The molecule has 1 aromatic carbocycles. The minimum absolute atomic E-state index is 0.477. The van der Waals surface area contributed by atoms with Crippen molar-refractivity contribution in [2.75, 3.05) is 13.1 Å². The van der Waals surface area contributed by atoms with Crippen molar-refractivity contribution >= 4 is 0 Å². The second-order valence-electron chi connectivity index (χ2n) is 4.30. The molecule has 0 unspecified atom stereocenters. The number of oxazole rings is 1. The van der Waals surface area contributed by atoms with Crippen LogP contribution in [-0.2, 0) is 12.6 Å². The molecule has 20 heavy (non-hydrogen) atoms. The van der Waals surface area contributed by atoms with E-state index in [1.807, 2.05) is 6.92 Å². The summed E-state index contributed by atoms with van der Waals surface area (Å²) in [6.07, 6.45) is -2.14. The smallest absolute Gasteiger partial charge is 0.416 e. The fourth-order valence-corrected chi connectivity index (χ4v) is 1.75. The summed E-state index contributed by atoms with van der Waals surface area (Å²) in [6, 6.07) is 4.85. The summed E-state index contributed by atoms with van der Waals surface area (Å²) in [5.74, 6) is 1.05. The van der Waals surface area contributed by atoms with Gasteiger partial charge in [0.1, 0.15) is 0 Å². The zero-order valence-corrected chi connectivity index (χ0v) is 11.0. The van der Waals surface area contributed by atoms with Crippen molar-refractivity contribution in [3.63, 3.8) is 0 Å². The molecule has 0 aliphatic heterocycles. The third-order valence-corrected chi connectivity index (χ3v) is 2.82. The van der Waals surface area contributed by atoms with Crippen LogP contribution < -0.4 is 5.32 Å². The van der Waals surface area contributed by atoms with Crippen molar-refractivity contribution in [2.24, 2.45) is 0 Å². The Hall–Kier alpha value is -1.82. The Kier molecular flexibility index (Phi) is 4.44. The molecule has 0 radical (unpaired) electrons. The van der Waals surface area contributed by atoms with E-state index in [-0.39, 0.29) is 0 Å². The Labute approximate surface area is 114 Å². The Balaban J connectivity index is 2.08. The number of hydrogen-bond donors (Lipinski definition) is 1. The first kappa shape index (κ1) is 14.6. The molecule has 0 spiro atoms. The van der Waals surface area contributed by atoms with E-state index < -0.39 is 11.7 Å². The Morgan fingerprint density at radius 2 is 1.90 bits per heavy atom. The molecule has 0 amide bonds. The number of nitrogens with one attached hydrogen (secondary N) is 1. The van der Waals surface area contributed by atoms with Crippen LogP contribution in [0.5, 0.6) is 0 Å². The lowest BCUT2D eigenvalue weighted by atomic mass is 10.1. The van der Waals surface area contributed by atoms with Gasteiger partial charge >= 0.3 is 6.18 Å². The van der Waals surface area contributed by atoms with E-state index in [9.17, 15) is 13.2 Å². The largest absolute Gasteiger partial charge is 0.441 e. The molecule has 0 bridgehead atoms. The standard InChI is InChI=1S/C14H15F3N2O/c1-2-18-8-7-13-19-9-12(20-13)10-3-5-11(6-4-10)14(15,16)17/h3-6,9,18H,2,7-8H2,1H3. The zero-order valence-electron chi connectivity index (χ0n) is 11.0. The van der Waals surface area contributed by atoms with Crippen LogP contribution in [0.1, 0.15) is 18.4 Å². The molecule has 3 nitrogen and oxygen atoms in total. The first-order chi connectivity index (χ1) is 9.50. The molecule has 108 valence electrons. The first-order valence-electron chi connectivity index (χ1n) is 6.33. The van der Waals surface area contributed by atoms with E-state index in [0.717, 1.165) is 25.2 Å². The van der Waals surface area contributed by atoms with Crippen molar-refractivity contribution in [1.29, 1.82) is 0 Å². The van der Waals surface area contributed by atoms with Crippen LogP contribution >= 0.6 is 0 Å². The highest BCUT2D eigenvalue weighted by molar-refractivity contribution is 5.56. The molecule has 2 rings (SSSR count). The van der Waals surface area contributed by atoms with Gasteiger partial charge in [0.25, 0.3) is 0 Å². The minimum Gasteiger partial charge on any atom is -0.441 e. The summed E-state index contributed by atoms with van der Waals surface area (Å²) in [5.41, 5.74) is -0.0895. The van der Waals surface area contributed by atoms with E-state index in [2.05, 4.69) is 10.3 Å². The van der Waals surface area contributed by atoms with Crippen LogP contribution in [0.2, 0.25) is 0 Å². The zero-order chi connectivity index (χ0) is 14.6. The number of alkyl halides is 3. The van der Waals surface area contributed by atoms with Crippen LogP contribution in [-0.4, -0.2) is 18.1 Å². The number of nitrogens with zero attached hydrogens (tertiary/aromatic N) is 1. The van der Waals surface area contributed by atoms with Crippen molar-refractivity contribution < 1.29 is 17.6 Å². The quantitative estimate of drug-likeness (QED) is 0.854. The van der Waals surface area contributed by atoms with Gasteiger partial charge in [-0.15, -0.1) is 0 Å². The van der Waals surface area contributed by atoms with Gasteiger partial charge in [0.15, 0.2) is 11.7 Å². The van der Waals surface area contributed by atoms with Gasteiger partial charge in [-0.25, -0.2) is 4.98 Å². The predicted octanol–water partition coefficient (Wildman–Crippen LogP) is 3.51. The Morgan fingerprint density at radius 1 is 1.20 bits per heavy atom. The van der Waals surface area contributed by atoms with E-state index in [1.165, 1.54) is 18.3 Å². The second-order valence-corrected chi connectivity index (χ2v) is 4.30. The van der Waals surface area contributed by atoms with Gasteiger partial charge in [-0.3, -0.25) is 0 Å². The SMILES string of the molecule is CCNCCc1ncc(-c2ccc(C(F)(F)F)cc2)o1. The number of halogens is 3. The lowest BCUT2D eigenvalue weighted by Gasteiger charge is -2.06. The highest BCUT2D eigenvalue weighted by Gasteiger charge is 2.30. The van der Waals surface area contributed by atoms with Crippen molar-refractivity contribution in [3.8, 4) is 11.3 Å². The maximum Gasteiger partial charge on any atom is 0.416 e. The number of aromatic nitrogens is 1. The lowest BCUT2D eigenvalue weighted by molar-refractivity contribution is -0.137. The number of rotatable bonds is 5. The summed E-state index contributed by atoms with van der Waals surface area (Å²) < 4.78 is 42.9. The van der Waals surface area contributed by atoms with Crippen molar-refractivity contribution in [2.45, 2.75) is 19.5 Å². The van der Waals surface area contributed by atoms with Gasteiger partial charge in [-0.1, -0.05) is 19.1 Å².